The largest absolute Gasteiger partial charge is 0.389 e. The average molecular weight is 210 g/mol. The lowest BCUT2D eigenvalue weighted by Crippen LogP contribution is -2.44. The van der Waals surface area contributed by atoms with Gasteiger partial charge in [-0.25, -0.2) is 0 Å². The van der Waals surface area contributed by atoms with E-state index >= 15 is 0 Å². The van der Waals surface area contributed by atoms with Gasteiger partial charge < -0.3 is 10.4 Å². The van der Waals surface area contributed by atoms with E-state index in [0.717, 1.165) is 32.2 Å². The molecule has 0 aromatic rings. The maximum absolute atomic E-state index is 10.3. The lowest BCUT2D eigenvalue weighted by atomic mass is 9.79. The van der Waals surface area contributed by atoms with Gasteiger partial charge in [0.05, 0.1) is 11.7 Å². The molecule has 0 saturated heterocycles. The number of nitrogens with one attached hydrogen (secondary N) is 1. The van der Waals surface area contributed by atoms with Crippen LogP contribution < -0.4 is 5.32 Å². The first-order valence-corrected chi connectivity index (χ1v) is 5.96. The average Bonchev–Trinajstić information content (AvgIpc) is 2.17. The van der Waals surface area contributed by atoms with Crippen molar-refractivity contribution in [3.05, 3.63) is 0 Å². The molecule has 1 rings (SSSR count). The number of rotatable bonds is 5. The van der Waals surface area contributed by atoms with Gasteiger partial charge in [-0.1, -0.05) is 19.8 Å². The summed E-state index contributed by atoms with van der Waals surface area (Å²) >= 11 is 0. The molecular weight excluding hydrogens is 188 g/mol. The molecule has 0 spiro atoms. The summed E-state index contributed by atoms with van der Waals surface area (Å²) < 4.78 is 0. The third-order valence-electron chi connectivity index (χ3n) is 3.16. The minimum absolute atomic E-state index is 0.496. The molecule has 86 valence electrons. The van der Waals surface area contributed by atoms with E-state index in [4.69, 9.17) is 5.26 Å². The molecule has 0 aliphatic heterocycles. The highest BCUT2D eigenvalue weighted by Crippen LogP contribution is 2.31. The van der Waals surface area contributed by atoms with Crippen LogP contribution in [0.5, 0.6) is 0 Å². The Balaban J connectivity index is 2.16. The third-order valence-corrected chi connectivity index (χ3v) is 3.16. The van der Waals surface area contributed by atoms with Gasteiger partial charge in [0.25, 0.3) is 0 Å². The van der Waals surface area contributed by atoms with E-state index in [1.807, 2.05) is 0 Å². The molecule has 2 atom stereocenters. The molecular formula is C12H22N2O. The second-order valence-electron chi connectivity index (χ2n) is 4.86. The smallest absolute Gasteiger partial charge is 0.0774 e. The maximum Gasteiger partial charge on any atom is 0.0774 e. The lowest BCUT2D eigenvalue weighted by molar-refractivity contribution is -0.0115. The summed E-state index contributed by atoms with van der Waals surface area (Å²) in [4.78, 5) is 0. The molecule has 1 saturated carbocycles. The summed E-state index contributed by atoms with van der Waals surface area (Å²) in [5.74, 6) is 0.643. The monoisotopic (exact) mass is 210 g/mol. The molecule has 0 aromatic carbocycles. The van der Waals surface area contributed by atoms with E-state index < -0.39 is 5.60 Å². The van der Waals surface area contributed by atoms with Crippen molar-refractivity contribution in [1.82, 2.24) is 5.32 Å². The number of aliphatic hydroxyl groups is 1. The van der Waals surface area contributed by atoms with E-state index in [9.17, 15) is 5.11 Å². The highest BCUT2D eigenvalue weighted by Gasteiger charge is 2.31. The SMILES string of the molecule is CC1CCCC(O)(CNCCCC#N)C1. The highest BCUT2D eigenvalue weighted by atomic mass is 16.3. The summed E-state index contributed by atoms with van der Waals surface area (Å²) in [6.45, 7) is 3.73. The first kappa shape index (κ1) is 12.5. The number of unbranched alkanes of at least 4 members (excludes halogenated alkanes) is 1. The van der Waals surface area contributed by atoms with Crippen LogP contribution >= 0.6 is 0 Å². The normalized spacial score (nSPS) is 31.1. The first-order chi connectivity index (χ1) is 7.16. The van der Waals surface area contributed by atoms with Crippen molar-refractivity contribution in [2.45, 2.75) is 51.0 Å². The van der Waals surface area contributed by atoms with Crippen LogP contribution in [0.3, 0.4) is 0 Å². The van der Waals surface area contributed by atoms with Crippen molar-refractivity contribution in [3.63, 3.8) is 0 Å². The van der Waals surface area contributed by atoms with Gasteiger partial charge in [-0.2, -0.15) is 5.26 Å². The molecule has 2 N–H and O–H groups in total. The zero-order valence-corrected chi connectivity index (χ0v) is 9.63. The van der Waals surface area contributed by atoms with Gasteiger partial charge in [-0.05, 0) is 31.7 Å². The number of hydrogen-bond acceptors (Lipinski definition) is 3. The summed E-state index contributed by atoms with van der Waals surface area (Å²) in [5.41, 5.74) is -0.496. The van der Waals surface area contributed by atoms with Crippen LogP contribution in [0.25, 0.3) is 0 Å². The van der Waals surface area contributed by atoms with Gasteiger partial charge in [0.1, 0.15) is 0 Å². The summed E-state index contributed by atoms with van der Waals surface area (Å²) in [7, 11) is 0. The molecule has 0 heterocycles. The Morgan fingerprint density at radius 1 is 1.60 bits per heavy atom. The molecule has 3 nitrogen and oxygen atoms in total. The molecule has 0 bridgehead atoms. The van der Waals surface area contributed by atoms with Crippen LogP contribution in [0.2, 0.25) is 0 Å². The Morgan fingerprint density at radius 2 is 2.40 bits per heavy atom. The molecule has 2 unspecified atom stereocenters. The van der Waals surface area contributed by atoms with Crippen LogP contribution in [-0.2, 0) is 0 Å². The molecule has 15 heavy (non-hydrogen) atoms. The molecule has 0 aromatic heterocycles. The Bertz CT molecular complexity index is 224. The van der Waals surface area contributed by atoms with E-state index in [1.165, 1.54) is 6.42 Å². The molecule has 1 aliphatic rings. The van der Waals surface area contributed by atoms with E-state index in [-0.39, 0.29) is 0 Å². The topological polar surface area (TPSA) is 56.0 Å². The van der Waals surface area contributed by atoms with Gasteiger partial charge >= 0.3 is 0 Å². The predicted molar refractivity (Wildman–Crippen MR) is 60.3 cm³/mol. The second kappa shape index (κ2) is 6.09. The van der Waals surface area contributed by atoms with Gasteiger partial charge in [-0.15, -0.1) is 0 Å². The van der Waals surface area contributed by atoms with E-state index in [2.05, 4.69) is 18.3 Å². The van der Waals surface area contributed by atoms with Gasteiger partial charge in [0.2, 0.25) is 0 Å². The number of hydrogen-bond donors (Lipinski definition) is 2. The van der Waals surface area contributed by atoms with Gasteiger partial charge in [-0.3, -0.25) is 0 Å². The van der Waals surface area contributed by atoms with Gasteiger partial charge in [0.15, 0.2) is 0 Å². The first-order valence-electron chi connectivity index (χ1n) is 5.96. The molecule has 1 fully saturated rings. The van der Waals surface area contributed by atoms with Crippen molar-refractivity contribution in [2.75, 3.05) is 13.1 Å². The Morgan fingerprint density at radius 3 is 3.07 bits per heavy atom. The fraction of sp³-hybridized carbons (Fsp3) is 0.917. The minimum Gasteiger partial charge on any atom is -0.389 e. The fourth-order valence-corrected chi connectivity index (χ4v) is 2.41. The zero-order chi connectivity index (χ0) is 11.1. The summed E-state index contributed by atoms with van der Waals surface area (Å²) in [5, 5.41) is 21.9. The van der Waals surface area contributed by atoms with Gasteiger partial charge in [0, 0.05) is 13.0 Å². The zero-order valence-electron chi connectivity index (χ0n) is 9.63. The quantitative estimate of drug-likeness (QED) is 0.681. The second-order valence-corrected chi connectivity index (χ2v) is 4.86. The Labute approximate surface area is 92.5 Å². The predicted octanol–water partition coefficient (Wildman–Crippen LogP) is 1.82. The van der Waals surface area contributed by atoms with Crippen LogP contribution in [-0.4, -0.2) is 23.8 Å². The van der Waals surface area contributed by atoms with Crippen LogP contribution in [0, 0.1) is 17.2 Å². The standard InChI is InChI=1S/C12H22N2O/c1-11-5-4-6-12(15,9-11)10-14-8-3-2-7-13/h11,14-15H,2-6,8-10H2,1H3. The third kappa shape index (κ3) is 4.63. The Hall–Kier alpha value is -0.590. The Kier molecular flexibility index (Phi) is 5.07. The maximum atomic E-state index is 10.3. The number of nitriles is 1. The minimum atomic E-state index is -0.496. The number of nitrogens with zero attached hydrogens (tertiary/aromatic N) is 1. The molecule has 0 amide bonds. The molecule has 1 aliphatic carbocycles. The van der Waals surface area contributed by atoms with Crippen molar-refractivity contribution >= 4 is 0 Å². The van der Waals surface area contributed by atoms with E-state index in [1.54, 1.807) is 0 Å². The van der Waals surface area contributed by atoms with Crippen molar-refractivity contribution in [3.8, 4) is 6.07 Å². The summed E-state index contributed by atoms with van der Waals surface area (Å²) in [6, 6.07) is 2.12. The highest BCUT2D eigenvalue weighted by molar-refractivity contribution is 4.87. The lowest BCUT2D eigenvalue weighted by Gasteiger charge is -2.35. The van der Waals surface area contributed by atoms with Crippen molar-refractivity contribution in [1.29, 1.82) is 5.26 Å². The van der Waals surface area contributed by atoms with E-state index in [0.29, 0.717) is 18.9 Å². The molecule has 3 heteroatoms. The van der Waals surface area contributed by atoms with Crippen molar-refractivity contribution < 1.29 is 5.11 Å². The van der Waals surface area contributed by atoms with Crippen molar-refractivity contribution in [2.24, 2.45) is 5.92 Å². The fourth-order valence-electron chi connectivity index (χ4n) is 2.41. The van der Waals surface area contributed by atoms with Crippen LogP contribution in [0.15, 0.2) is 0 Å². The molecule has 0 radical (unpaired) electrons. The summed E-state index contributed by atoms with van der Waals surface area (Å²) in [6.07, 6.45) is 5.69. The van der Waals surface area contributed by atoms with Crippen LogP contribution in [0.4, 0.5) is 0 Å². The van der Waals surface area contributed by atoms with Crippen LogP contribution in [0.1, 0.15) is 45.4 Å².